The number of rotatable bonds is 4. The fourth-order valence-electron chi connectivity index (χ4n) is 1.83. The molecule has 4 heteroatoms. The van der Waals surface area contributed by atoms with Gasteiger partial charge in [0, 0.05) is 0 Å². The SMILES string of the molecule is COC(=O)c1cc(Br)c(OCc2ccccc2)cc1C. The van der Waals surface area contributed by atoms with Crippen molar-refractivity contribution in [1.29, 1.82) is 0 Å². The van der Waals surface area contributed by atoms with Gasteiger partial charge in [0.1, 0.15) is 12.4 Å². The molecule has 0 spiro atoms. The minimum Gasteiger partial charge on any atom is -0.488 e. The highest BCUT2D eigenvalue weighted by molar-refractivity contribution is 9.10. The normalized spacial score (nSPS) is 10.2. The van der Waals surface area contributed by atoms with Crippen LogP contribution in [-0.4, -0.2) is 13.1 Å². The summed E-state index contributed by atoms with van der Waals surface area (Å²) in [5, 5.41) is 0. The molecule has 0 bridgehead atoms. The lowest BCUT2D eigenvalue weighted by atomic mass is 10.1. The number of methoxy groups -OCH3 is 1. The zero-order chi connectivity index (χ0) is 14.5. The maximum Gasteiger partial charge on any atom is 0.338 e. The van der Waals surface area contributed by atoms with E-state index in [0.717, 1.165) is 15.6 Å². The first kappa shape index (κ1) is 14.6. The molecular weight excluding hydrogens is 320 g/mol. The van der Waals surface area contributed by atoms with Crippen molar-refractivity contribution in [2.45, 2.75) is 13.5 Å². The molecule has 2 aromatic carbocycles. The molecule has 0 saturated heterocycles. The molecule has 0 aromatic heterocycles. The third kappa shape index (κ3) is 3.39. The maximum atomic E-state index is 11.6. The van der Waals surface area contributed by atoms with Gasteiger partial charge in [0.25, 0.3) is 0 Å². The highest BCUT2D eigenvalue weighted by Crippen LogP contribution is 2.29. The molecule has 2 aromatic rings. The Bertz CT molecular complexity index is 609. The Labute approximate surface area is 126 Å². The van der Waals surface area contributed by atoms with E-state index in [4.69, 9.17) is 9.47 Å². The summed E-state index contributed by atoms with van der Waals surface area (Å²) in [4.78, 5) is 11.6. The molecule has 0 radical (unpaired) electrons. The predicted octanol–water partition coefficient (Wildman–Crippen LogP) is 4.12. The summed E-state index contributed by atoms with van der Waals surface area (Å²) in [6.07, 6.45) is 0. The largest absolute Gasteiger partial charge is 0.488 e. The van der Waals surface area contributed by atoms with Gasteiger partial charge < -0.3 is 9.47 Å². The van der Waals surface area contributed by atoms with Gasteiger partial charge in [-0.3, -0.25) is 0 Å². The minimum atomic E-state index is -0.349. The molecule has 0 aliphatic carbocycles. The third-order valence-electron chi connectivity index (χ3n) is 2.92. The quantitative estimate of drug-likeness (QED) is 0.789. The van der Waals surface area contributed by atoms with Crippen LogP contribution < -0.4 is 4.74 Å². The second kappa shape index (κ2) is 6.57. The van der Waals surface area contributed by atoms with Crippen molar-refractivity contribution in [1.82, 2.24) is 0 Å². The van der Waals surface area contributed by atoms with Crippen molar-refractivity contribution in [3.8, 4) is 5.75 Å². The number of halogens is 1. The van der Waals surface area contributed by atoms with Crippen molar-refractivity contribution in [2.75, 3.05) is 7.11 Å². The number of ether oxygens (including phenoxy) is 2. The molecule has 0 unspecified atom stereocenters. The summed E-state index contributed by atoms with van der Waals surface area (Å²) in [6, 6.07) is 13.5. The number of benzene rings is 2. The number of carbonyl (C=O) groups excluding carboxylic acids is 1. The Balaban J connectivity index is 2.17. The summed E-state index contributed by atoms with van der Waals surface area (Å²) in [7, 11) is 1.37. The first-order chi connectivity index (χ1) is 9.61. The first-order valence-corrected chi connectivity index (χ1v) is 6.96. The fraction of sp³-hybridized carbons (Fsp3) is 0.188. The van der Waals surface area contributed by atoms with Crippen molar-refractivity contribution >= 4 is 21.9 Å². The molecule has 0 aliphatic rings. The summed E-state index contributed by atoms with van der Waals surface area (Å²) < 4.78 is 11.2. The van der Waals surface area contributed by atoms with Gasteiger partial charge in [-0.05, 0) is 46.1 Å². The van der Waals surface area contributed by atoms with Gasteiger partial charge in [-0.15, -0.1) is 0 Å². The van der Waals surface area contributed by atoms with Crippen LogP contribution in [0.3, 0.4) is 0 Å². The van der Waals surface area contributed by atoms with Crippen molar-refractivity contribution < 1.29 is 14.3 Å². The van der Waals surface area contributed by atoms with Crippen LogP contribution >= 0.6 is 15.9 Å². The van der Waals surface area contributed by atoms with E-state index in [0.29, 0.717) is 17.9 Å². The van der Waals surface area contributed by atoms with Crippen LogP contribution in [0, 0.1) is 6.92 Å². The number of aryl methyl sites for hydroxylation is 1. The van der Waals surface area contributed by atoms with Crippen molar-refractivity contribution in [2.24, 2.45) is 0 Å². The second-order valence-electron chi connectivity index (χ2n) is 4.36. The van der Waals surface area contributed by atoms with E-state index in [1.54, 1.807) is 6.07 Å². The van der Waals surface area contributed by atoms with Gasteiger partial charge in [-0.2, -0.15) is 0 Å². The van der Waals surface area contributed by atoms with E-state index in [-0.39, 0.29) is 5.97 Å². The van der Waals surface area contributed by atoms with Crippen LogP contribution in [-0.2, 0) is 11.3 Å². The third-order valence-corrected chi connectivity index (χ3v) is 3.54. The molecular formula is C16H15BrO3. The molecule has 0 aliphatic heterocycles. The number of hydrogen-bond acceptors (Lipinski definition) is 3. The number of carbonyl (C=O) groups is 1. The molecule has 104 valence electrons. The number of hydrogen-bond donors (Lipinski definition) is 0. The molecule has 0 N–H and O–H groups in total. The summed E-state index contributed by atoms with van der Waals surface area (Å²) in [5.74, 6) is 0.358. The Morgan fingerprint density at radius 1 is 1.20 bits per heavy atom. The average Bonchev–Trinajstić information content (AvgIpc) is 2.48. The number of esters is 1. The standard InChI is InChI=1S/C16H15BrO3/c1-11-8-15(14(17)9-13(11)16(18)19-2)20-10-12-6-4-3-5-7-12/h3-9H,10H2,1-2H3. The Kier molecular flexibility index (Phi) is 4.79. The van der Waals surface area contributed by atoms with Gasteiger partial charge in [-0.1, -0.05) is 30.3 Å². The van der Waals surface area contributed by atoms with Gasteiger partial charge in [-0.25, -0.2) is 4.79 Å². The monoisotopic (exact) mass is 334 g/mol. The van der Waals surface area contributed by atoms with Crippen LogP contribution in [0.25, 0.3) is 0 Å². The second-order valence-corrected chi connectivity index (χ2v) is 5.22. The Morgan fingerprint density at radius 3 is 2.55 bits per heavy atom. The molecule has 2 rings (SSSR count). The van der Waals surface area contributed by atoms with Crippen LogP contribution in [0.5, 0.6) is 5.75 Å². The maximum absolute atomic E-state index is 11.6. The lowest BCUT2D eigenvalue weighted by Crippen LogP contribution is -2.05. The molecule has 0 saturated carbocycles. The van der Waals surface area contributed by atoms with Crippen LogP contribution in [0.1, 0.15) is 21.5 Å². The summed E-state index contributed by atoms with van der Waals surface area (Å²) in [6.45, 7) is 2.34. The topological polar surface area (TPSA) is 35.5 Å². The average molecular weight is 335 g/mol. The van der Waals surface area contributed by atoms with Gasteiger partial charge in [0.15, 0.2) is 0 Å². The Morgan fingerprint density at radius 2 is 1.90 bits per heavy atom. The van der Waals surface area contributed by atoms with Crippen LogP contribution in [0.15, 0.2) is 46.9 Å². The first-order valence-electron chi connectivity index (χ1n) is 6.17. The molecule has 0 fully saturated rings. The van der Waals surface area contributed by atoms with E-state index in [9.17, 15) is 4.79 Å². The van der Waals surface area contributed by atoms with E-state index in [1.807, 2.05) is 43.3 Å². The molecule has 0 heterocycles. The van der Waals surface area contributed by atoms with Gasteiger partial charge in [0.05, 0.1) is 17.1 Å². The van der Waals surface area contributed by atoms with Crippen LogP contribution in [0.2, 0.25) is 0 Å². The molecule has 3 nitrogen and oxygen atoms in total. The zero-order valence-electron chi connectivity index (χ0n) is 11.4. The zero-order valence-corrected chi connectivity index (χ0v) is 12.9. The highest BCUT2D eigenvalue weighted by Gasteiger charge is 2.13. The van der Waals surface area contributed by atoms with Crippen molar-refractivity contribution in [3.05, 3.63) is 63.6 Å². The molecule has 0 atom stereocenters. The summed E-state index contributed by atoms with van der Waals surface area (Å²) in [5.41, 5.74) is 2.45. The van der Waals surface area contributed by atoms with Gasteiger partial charge >= 0.3 is 5.97 Å². The molecule has 20 heavy (non-hydrogen) atoms. The summed E-state index contributed by atoms with van der Waals surface area (Å²) >= 11 is 3.42. The lowest BCUT2D eigenvalue weighted by molar-refractivity contribution is 0.0600. The van der Waals surface area contributed by atoms with Crippen molar-refractivity contribution in [3.63, 3.8) is 0 Å². The Hall–Kier alpha value is -1.81. The predicted molar refractivity (Wildman–Crippen MR) is 81.0 cm³/mol. The molecule has 0 amide bonds. The van der Waals surface area contributed by atoms with E-state index in [1.165, 1.54) is 7.11 Å². The van der Waals surface area contributed by atoms with Gasteiger partial charge in [0.2, 0.25) is 0 Å². The van der Waals surface area contributed by atoms with Crippen LogP contribution in [0.4, 0.5) is 0 Å². The minimum absolute atomic E-state index is 0.349. The smallest absolute Gasteiger partial charge is 0.338 e. The highest BCUT2D eigenvalue weighted by atomic mass is 79.9. The fourth-order valence-corrected chi connectivity index (χ4v) is 2.29. The van der Waals surface area contributed by atoms with E-state index < -0.39 is 0 Å². The van der Waals surface area contributed by atoms with E-state index in [2.05, 4.69) is 15.9 Å². The lowest BCUT2D eigenvalue weighted by Gasteiger charge is -2.11. The van der Waals surface area contributed by atoms with E-state index >= 15 is 0 Å².